The average Bonchev–Trinajstić information content (AvgIpc) is 2.49. The van der Waals surface area contributed by atoms with E-state index in [4.69, 9.17) is 0 Å². The van der Waals surface area contributed by atoms with Gasteiger partial charge in [0.25, 0.3) is 0 Å². The lowest BCUT2D eigenvalue weighted by molar-refractivity contribution is -0.137. The first-order chi connectivity index (χ1) is 11.3. The van der Waals surface area contributed by atoms with E-state index in [0.29, 0.717) is 0 Å². The summed E-state index contributed by atoms with van der Waals surface area (Å²) in [7, 11) is 0. The fourth-order valence-corrected chi connectivity index (χ4v) is 2.20. The number of anilines is 2. The standard InChI is InChI=1S/C17H15F3N2O2/c1-11-4-2-3-5-12(11)6-16(24)22-15-8-13(17(18,19)20)7-14(9-15)21-10-23/h2-5,7-10H,6H2,1H3,(H,21,23)(H,22,24). The van der Waals surface area contributed by atoms with Crippen LogP contribution >= 0.6 is 0 Å². The molecule has 0 atom stereocenters. The molecule has 0 heterocycles. The van der Waals surface area contributed by atoms with E-state index in [-0.39, 0.29) is 24.2 Å². The first-order valence-corrected chi connectivity index (χ1v) is 7.06. The largest absolute Gasteiger partial charge is 0.416 e. The second-order valence-corrected chi connectivity index (χ2v) is 5.21. The fourth-order valence-electron chi connectivity index (χ4n) is 2.20. The highest BCUT2D eigenvalue weighted by atomic mass is 19.4. The minimum absolute atomic E-state index is 0.0345. The van der Waals surface area contributed by atoms with Crippen molar-refractivity contribution in [2.24, 2.45) is 0 Å². The van der Waals surface area contributed by atoms with Crippen molar-refractivity contribution in [1.82, 2.24) is 0 Å². The quantitative estimate of drug-likeness (QED) is 0.817. The smallest absolute Gasteiger partial charge is 0.329 e. The number of hydrogen-bond acceptors (Lipinski definition) is 2. The maximum Gasteiger partial charge on any atom is 0.416 e. The van der Waals surface area contributed by atoms with E-state index in [1.165, 1.54) is 6.07 Å². The van der Waals surface area contributed by atoms with Gasteiger partial charge in [-0.25, -0.2) is 0 Å². The molecule has 0 spiro atoms. The Morgan fingerprint density at radius 1 is 1.12 bits per heavy atom. The number of amides is 2. The van der Waals surface area contributed by atoms with Crippen LogP contribution in [0.1, 0.15) is 16.7 Å². The molecule has 2 aromatic rings. The monoisotopic (exact) mass is 336 g/mol. The Hall–Kier alpha value is -2.83. The van der Waals surface area contributed by atoms with Gasteiger partial charge in [0.05, 0.1) is 12.0 Å². The molecule has 4 nitrogen and oxygen atoms in total. The lowest BCUT2D eigenvalue weighted by Gasteiger charge is -2.13. The summed E-state index contributed by atoms with van der Waals surface area (Å²) < 4.78 is 38.7. The summed E-state index contributed by atoms with van der Waals surface area (Å²) in [6.45, 7) is 1.85. The van der Waals surface area contributed by atoms with E-state index < -0.39 is 17.6 Å². The summed E-state index contributed by atoms with van der Waals surface area (Å²) in [5.41, 5.74) is 0.660. The van der Waals surface area contributed by atoms with Gasteiger partial charge in [0.2, 0.25) is 12.3 Å². The molecule has 0 aromatic heterocycles. The third-order valence-corrected chi connectivity index (χ3v) is 3.38. The number of alkyl halides is 3. The number of carbonyl (C=O) groups excluding carboxylic acids is 2. The SMILES string of the molecule is Cc1ccccc1CC(=O)Nc1cc(NC=O)cc(C(F)(F)F)c1. The number of carbonyl (C=O) groups is 2. The van der Waals surface area contributed by atoms with Gasteiger partial charge in [-0.1, -0.05) is 24.3 Å². The molecule has 2 N–H and O–H groups in total. The van der Waals surface area contributed by atoms with Gasteiger partial charge in [-0.15, -0.1) is 0 Å². The lowest BCUT2D eigenvalue weighted by Crippen LogP contribution is -2.16. The predicted molar refractivity (Wildman–Crippen MR) is 84.6 cm³/mol. The zero-order chi connectivity index (χ0) is 17.7. The van der Waals surface area contributed by atoms with E-state index in [0.717, 1.165) is 23.3 Å². The number of hydrogen-bond donors (Lipinski definition) is 2. The van der Waals surface area contributed by atoms with Crippen molar-refractivity contribution in [2.45, 2.75) is 19.5 Å². The van der Waals surface area contributed by atoms with E-state index in [1.54, 1.807) is 12.1 Å². The maximum absolute atomic E-state index is 12.9. The molecular formula is C17H15F3N2O2. The topological polar surface area (TPSA) is 58.2 Å². The van der Waals surface area contributed by atoms with Gasteiger partial charge in [-0.2, -0.15) is 13.2 Å². The van der Waals surface area contributed by atoms with Crippen molar-refractivity contribution in [1.29, 1.82) is 0 Å². The Labute approximate surface area is 136 Å². The number of nitrogens with one attached hydrogen (secondary N) is 2. The maximum atomic E-state index is 12.9. The predicted octanol–water partition coefficient (Wildman–Crippen LogP) is 3.76. The van der Waals surface area contributed by atoms with Gasteiger partial charge in [0.1, 0.15) is 0 Å². The minimum Gasteiger partial charge on any atom is -0.329 e. The number of halogens is 3. The molecule has 2 rings (SSSR count). The third-order valence-electron chi connectivity index (χ3n) is 3.38. The normalized spacial score (nSPS) is 11.0. The summed E-state index contributed by atoms with van der Waals surface area (Å²) in [5.74, 6) is -0.444. The lowest BCUT2D eigenvalue weighted by atomic mass is 10.1. The molecule has 24 heavy (non-hydrogen) atoms. The van der Waals surface area contributed by atoms with Crippen LogP contribution in [0.15, 0.2) is 42.5 Å². The molecule has 0 aliphatic heterocycles. The minimum atomic E-state index is -4.59. The van der Waals surface area contributed by atoms with Crippen molar-refractivity contribution in [3.05, 3.63) is 59.2 Å². The van der Waals surface area contributed by atoms with Crippen molar-refractivity contribution >= 4 is 23.7 Å². The van der Waals surface area contributed by atoms with Gasteiger partial charge in [0, 0.05) is 11.4 Å². The Balaban J connectivity index is 2.21. The van der Waals surface area contributed by atoms with Crippen LogP contribution in [0.2, 0.25) is 0 Å². The molecule has 2 amide bonds. The van der Waals surface area contributed by atoms with Crippen molar-refractivity contribution < 1.29 is 22.8 Å². The molecule has 0 radical (unpaired) electrons. The van der Waals surface area contributed by atoms with Gasteiger partial charge >= 0.3 is 6.18 Å². The van der Waals surface area contributed by atoms with Crippen LogP contribution in [0.25, 0.3) is 0 Å². The zero-order valence-electron chi connectivity index (χ0n) is 12.8. The molecular weight excluding hydrogens is 321 g/mol. The molecule has 0 fully saturated rings. The number of benzene rings is 2. The molecule has 0 aliphatic carbocycles. The van der Waals surface area contributed by atoms with Crippen LogP contribution in [-0.2, 0) is 22.2 Å². The second-order valence-electron chi connectivity index (χ2n) is 5.21. The van der Waals surface area contributed by atoms with Crippen molar-refractivity contribution in [3.8, 4) is 0 Å². The van der Waals surface area contributed by atoms with Crippen LogP contribution < -0.4 is 10.6 Å². The summed E-state index contributed by atoms with van der Waals surface area (Å²) in [4.78, 5) is 22.5. The second kappa shape index (κ2) is 7.16. The molecule has 0 unspecified atom stereocenters. The van der Waals surface area contributed by atoms with E-state index in [1.807, 2.05) is 19.1 Å². The van der Waals surface area contributed by atoms with Crippen LogP contribution in [-0.4, -0.2) is 12.3 Å². The van der Waals surface area contributed by atoms with E-state index in [9.17, 15) is 22.8 Å². The van der Waals surface area contributed by atoms with Crippen molar-refractivity contribution in [3.63, 3.8) is 0 Å². The fraction of sp³-hybridized carbons (Fsp3) is 0.176. The molecule has 0 saturated carbocycles. The first kappa shape index (κ1) is 17.5. The highest BCUT2D eigenvalue weighted by Gasteiger charge is 2.31. The molecule has 0 bridgehead atoms. The Kier molecular flexibility index (Phi) is 5.23. The van der Waals surface area contributed by atoms with Gasteiger partial charge < -0.3 is 10.6 Å². The van der Waals surface area contributed by atoms with E-state index in [2.05, 4.69) is 10.6 Å². The van der Waals surface area contributed by atoms with Gasteiger partial charge in [-0.3, -0.25) is 9.59 Å². The summed E-state index contributed by atoms with van der Waals surface area (Å²) in [6.07, 6.45) is -4.27. The first-order valence-electron chi connectivity index (χ1n) is 7.06. The van der Waals surface area contributed by atoms with Gasteiger partial charge in [0.15, 0.2) is 0 Å². The zero-order valence-corrected chi connectivity index (χ0v) is 12.8. The number of rotatable bonds is 5. The van der Waals surface area contributed by atoms with Crippen molar-refractivity contribution in [2.75, 3.05) is 10.6 Å². The van der Waals surface area contributed by atoms with Crippen LogP contribution in [0.3, 0.4) is 0 Å². The average molecular weight is 336 g/mol. The summed E-state index contributed by atoms with van der Waals surface area (Å²) in [5, 5.41) is 4.59. The summed E-state index contributed by atoms with van der Waals surface area (Å²) in [6, 6.07) is 10.1. The van der Waals surface area contributed by atoms with Crippen LogP contribution in [0.4, 0.5) is 24.5 Å². The Morgan fingerprint density at radius 3 is 2.42 bits per heavy atom. The highest BCUT2D eigenvalue weighted by Crippen LogP contribution is 2.33. The van der Waals surface area contributed by atoms with Crippen LogP contribution in [0, 0.1) is 6.92 Å². The Bertz CT molecular complexity index is 758. The van der Waals surface area contributed by atoms with E-state index >= 15 is 0 Å². The summed E-state index contributed by atoms with van der Waals surface area (Å²) >= 11 is 0. The number of aryl methyl sites for hydroxylation is 1. The van der Waals surface area contributed by atoms with Gasteiger partial charge in [-0.05, 0) is 36.2 Å². The van der Waals surface area contributed by atoms with Crippen LogP contribution in [0.5, 0.6) is 0 Å². The molecule has 126 valence electrons. The molecule has 0 saturated heterocycles. The Morgan fingerprint density at radius 2 is 1.79 bits per heavy atom. The highest BCUT2D eigenvalue weighted by molar-refractivity contribution is 5.93. The molecule has 0 aliphatic rings. The molecule has 2 aromatic carbocycles. The third kappa shape index (κ3) is 4.58. The molecule has 7 heteroatoms.